The molecule has 0 atom stereocenters. The fourth-order valence-electron chi connectivity index (χ4n) is 4.60. The Morgan fingerprint density at radius 3 is 1.78 bits per heavy atom. The molecule has 2 aromatic carbocycles. The van der Waals surface area contributed by atoms with Crippen molar-refractivity contribution in [1.29, 1.82) is 0 Å². The molecule has 0 unspecified atom stereocenters. The molecule has 2 aromatic heterocycles. The van der Waals surface area contributed by atoms with Crippen LogP contribution in [-0.4, -0.2) is 12.6 Å². The Hall–Kier alpha value is -4.17. The van der Waals surface area contributed by atoms with Gasteiger partial charge in [-0.3, -0.25) is 9.59 Å². The second kappa shape index (κ2) is 9.13. The number of alkyl halides is 3. The number of hydrogen-bond donors (Lipinski definition) is 1. The minimum Gasteiger partial charge on any atom is -0.326 e. The van der Waals surface area contributed by atoms with Crippen LogP contribution in [0.25, 0.3) is 22.5 Å². The maximum absolute atomic E-state index is 12.7. The van der Waals surface area contributed by atoms with Crippen LogP contribution in [0, 0.1) is 0 Å². The number of halogens is 3. The van der Waals surface area contributed by atoms with E-state index in [1.165, 1.54) is 11.8 Å². The van der Waals surface area contributed by atoms with Crippen LogP contribution >= 0.6 is 0 Å². The molecule has 2 N–H and O–H groups in total. The number of nitrogens with zero attached hydrogens (tertiary/aromatic N) is 2. The summed E-state index contributed by atoms with van der Waals surface area (Å²) >= 11 is 0. The number of carbonyl (C=O) groups excluding carboxylic acids is 2. The summed E-state index contributed by atoms with van der Waals surface area (Å²) in [6, 6.07) is 17.2. The Kier molecular flexibility index (Phi) is 5.97. The Morgan fingerprint density at radius 2 is 1.28 bits per heavy atom. The third kappa shape index (κ3) is 4.31. The second-order valence-corrected chi connectivity index (χ2v) is 8.75. The highest BCUT2D eigenvalue weighted by molar-refractivity contribution is 5.80. The highest BCUT2D eigenvalue weighted by Gasteiger charge is 2.35. The van der Waals surface area contributed by atoms with Gasteiger partial charge < -0.3 is 5.73 Å². The number of rotatable bonds is 3. The van der Waals surface area contributed by atoms with Crippen LogP contribution in [0.15, 0.2) is 73.1 Å². The molecule has 8 heteroatoms. The lowest BCUT2D eigenvalue weighted by Gasteiger charge is -2.05. The number of carbonyl (C=O) groups is 2. The Bertz CT molecular complexity index is 1510. The molecule has 2 aliphatic heterocycles. The molecule has 180 valence electrons. The molecule has 4 aromatic rings. The summed E-state index contributed by atoms with van der Waals surface area (Å²) in [7, 11) is 0. The zero-order valence-corrected chi connectivity index (χ0v) is 19.1. The number of aromatic nitrogens is 2. The fourth-order valence-corrected chi connectivity index (χ4v) is 4.60. The van der Waals surface area contributed by atoms with Crippen molar-refractivity contribution >= 4 is 12.6 Å². The van der Waals surface area contributed by atoms with Gasteiger partial charge >= 0.3 is 6.18 Å². The van der Waals surface area contributed by atoms with Crippen molar-refractivity contribution in [2.45, 2.75) is 25.8 Å². The van der Waals surface area contributed by atoms with E-state index in [4.69, 9.17) is 5.73 Å². The van der Waals surface area contributed by atoms with Gasteiger partial charge in [0.15, 0.2) is 25.5 Å². The topological polar surface area (TPSA) is 67.9 Å². The average molecular weight is 489 g/mol. The van der Waals surface area contributed by atoms with Gasteiger partial charge in [0.1, 0.15) is 12.6 Å². The van der Waals surface area contributed by atoms with Crippen LogP contribution in [0.1, 0.15) is 43.0 Å². The highest BCUT2D eigenvalue weighted by atomic mass is 19.4. The van der Waals surface area contributed by atoms with Gasteiger partial charge in [0.2, 0.25) is 11.4 Å². The first-order chi connectivity index (χ1) is 17.3. The van der Waals surface area contributed by atoms with Crippen molar-refractivity contribution in [2.24, 2.45) is 5.73 Å². The van der Waals surface area contributed by atoms with Gasteiger partial charge in [0, 0.05) is 53.1 Å². The zero-order chi connectivity index (χ0) is 25.4. The predicted molar refractivity (Wildman–Crippen MR) is 126 cm³/mol. The summed E-state index contributed by atoms with van der Waals surface area (Å²) in [4.78, 5) is 21.6. The van der Waals surface area contributed by atoms with Crippen molar-refractivity contribution in [3.8, 4) is 22.5 Å². The molecule has 0 saturated heterocycles. The van der Waals surface area contributed by atoms with E-state index in [-0.39, 0.29) is 0 Å². The number of pyridine rings is 2. The van der Waals surface area contributed by atoms with Crippen LogP contribution in [0.5, 0.6) is 0 Å². The van der Waals surface area contributed by atoms with Crippen LogP contribution in [-0.2, 0) is 25.8 Å². The quantitative estimate of drug-likeness (QED) is 0.301. The lowest BCUT2D eigenvalue weighted by molar-refractivity contribution is -0.672. The lowest BCUT2D eigenvalue weighted by Crippen LogP contribution is -2.32. The van der Waals surface area contributed by atoms with Crippen molar-refractivity contribution in [3.05, 3.63) is 106 Å². The van der Waals surface area contributed by atoms with Gasteiger partial charge in [-0.2, -0.15) is 22.3 Å². The summed E-state index contributed by atoms with van der Waals surface area (Å²) in [5, 5.41) is 0. The zero-order valence-electron chi connectivity index (χ0n) is 19.1. The number of benzene rings is 2. The molecule has 0 radical (unpaired) electrons. The summed E-state index contributed by atoms with van der Waals surface area (Å²) in [5.74, 6) is 0. The molecule has 36 heavy (non-hydrogen) atoms. The monoisotopic (exact) mass is 489 g/mol. The number of aldehydes is 2. The summed E-state index contributed by atoms with van der Waals surface area (Å²) < 4.78 is 42.1. The van der Waals surface area contributed by atoms with Crippen LogP contribution in [0.3, 0.4) is 0 Å². The Balaban J connectivity index is 0.000000149. The van der Waals surface area contributed by atoms with E-state index in [0.717, 1.165) is 52.9 Å². The van der Waals surface area contributed by atoms with E-state index in [9.17, 15) is 22.8 Å². The molecule has 6 rings (SSSR count). The van der Waals surface area contributed by atoms with E-state index in [0.29, 0.717) is 36.2 Å². The molecule has 0 amide bonds. The van der Waals surface area contributed by atoms with Crippen molar-refractivity contribution in [2.75, 3.05) is 0 Å². The van der Waals surface area contributed by atoms with Gasteiger partial charge in [0.05, 0.1) is 16.7 Å². The predicted octanol–water partition coefficient (Wildman–Crippen LogP) is 4.11. The molecule has 0 spiro atoms. The third-order valence-electron chi connectivity index (χ3n) is 6.47. The van der Waals surface area contributed by atoms with Crippen LogP contribution in [0.4, 0.5) is 13.2 Å². The number of fused-ring (bicyclic) bond motifs is 6. The summed E-state index contributed by atoms with van der Waals surface area (Å²) in [5.41, 5.74) is 12.9. The van der Waals surface area contributed by atoms with E-state index in [2.05, 4.69) is 16.8 Å². The summed E-state index contributed by atoms with van der Waals surface area (Å²) in [6.07, 6.45) is 0.698. The van der Waals surface area contributed by atoms with Gasteiger partial charge in [-0.1, -0.05) is 24.3 Å². The number of hydrogen-bond acceptors (Lipinski definition) is 3. The van der Waals surface area contributed by atoms with Gasteiger partial charge in [-0.15, -0.1) is 0 Å². The summed E-state index contributed by atoms with van der Waals surface area (Å²) in [6.45, 7) is 1.94. The van der Waals surface area contributed by atoms with E-state index < -0.39 is 11.7 Å². The Labute approximate surface area is 205 Å². The van der Waals surface area contributed by atoms with Crippen LogP contribution in [0.2, 0.25) is 0 Å². The molecule has 0 bridgehead atoms. The second-order valence-electron chi connectivity index (χ2n) is 8.75. The normalized spacial score (nSPS) is 12.6. The standard InChI is InChI=1S/C14H9F3NO.C14H13N2O/c15-14(16,17)11-3-4-18-7-10-2-1-9(8-19)5-12(10)13(18)6-11;15-7-10-3-4-16-8-12-2-1-11(9-17)5-13(12)14(16)6-10/h1-6,8H,7H2;1-6,9H,7-8,15H2/q2*+1. The van der Waals surface area contributed by atoms with Gasteiger partial charge in [-0.05, 0) is 17.7 Å². The molecule has 5 nitrogen and oxygen atoms in total. The maximum Gasteiger partial charge on any atom is 0.416 e. The van der Waals surface area contributed by atoms with Crippen molar-refractivity contribution in [1.82, 2.24) is 0 Å². The first kappa shape index (κ1) is 23.6. The van der Waals surface area contributed by atoms with Gasteiger partial charge in [0.25, 0.3) is 0 Å². The molecular weight excluding hydrogens is 467 g/mol. The first-order valence-electron chi connectivity index (χ1n) is 11.3. The van der Waals surface area contributed by atoms with E-state index in [1.54, 1.807) is 22.8 Å². The first-order valence-corrected chi connectivity index (χ1v) is 11.3. The minimum absolute atomic E-state index is 0.463. The van der Waals surface area contributed by atoms with Gasteiger partial charge in [-0.25, -0.2) is 0 Å². The fraction of sp³-hybridized carbons (Fsp3) is 0.143. The van der Waals surface area contributed by atoms with E-state index >= 15 is 0 Å². The SMILES string of the molecule is NCc1cc[n+]2c(c1)-c1cc(C=O)ccc1C2.O=Cc1ccc2c(c1)-c1cc(C(F)(F)F)cc[n+]1C2. The molecule has 4 heterocycles. The molecule has 0 saturated carbocycles. The largest absolute Gasteiger partial charge is 0.416 e. The van der Waals surface area contributed by atoms with Crippen molar-refractivity contribution < 1.29 is 31.9 Å². The average Bonchev–Trinajstić information content (AvgIpc) is 3.44. The van der Waals surface area contributed by atoms with Crippen LogP contribution < -0.4 is 14.9 Å². The molecule has 0 aliphatic carbocycles. The Morgan fingerprint density at radius 1 is 0.750 bits per heavy atom. The molecule has 2 aliphatic rings. The number of nitrogens with two attached hydrogens (primary N) is 1. The molecule has 0 fully saturated rings. The molecular formula is C28H22F3N3O2+2. The maximum atomic E-state index is 12.7. The third-order valence-corrected chi connectivity index (χ3v) is 6.47. The highest BCUT2D eigenvalue weighted by Crippen LogP contribution is 2.34. The smallest absolute Gasteiger partial charge is 0.326 e. The lowest BCUT2D eigenvalue weighted by atomic mass is 10.0. The van der Waals surface area contributed by atoms with E-state index in [1.807, 2.05) is 24.3 Å². The minimum atomic E-state index is -4.36. The van der Waals surface area contributed by atoms with Crippen molar-refractivity contribution in [3.63, 3.8) is 0 Å².